The largest absolute Gasteiger partial charge is 0.299 e. The van der Waals surface area contributed by atoms with E-state index in [1.807, 2.05) is 20.8 Å². The summed E-state index contributed by atoms with van der Waals surface area (Å²) in [6.07, 6.45) is 0.762. The monoisotopic (exact) mass is 202 g/mol. The van der Waals surface area contributed by atoms with E-state index >= 15 is 0 Å². The Labute approximate surface area is 80.7 Å². The van der Waals surface area contributed by atoms with Gasteiger partial charge in [0.1, 0.15) is 5.78 Å². The zero-order chi connectivity index (χ0) is 10.3. The van der Waals surface area contributed by atoms with E-state index in [2.05, 4.69) is 5.87 Å². The molecule has 1 rings (SSSR count). The number of carbonyl (C=O) groups is 1. The molecule has 1 heterocycles. The van der Waals surface area contributed by atoms with Crippen LogP contribution in [-0.4, -0.2) is 27.4 Å². The van der Waals surface area contributed by atoms with Crippen LogP contribution in [0.3, 0.4) is 0 Å². The van der Waals surface area contributed by atoms with Gasteiger partial charge in [-0.25, -0.2) is 0 Å². The third kappa shape index (κ3) is 2.56. The second-order valence-corrected chi connectivity index (χ2v) is 7.61. The van der Waals surface area contributed by atoms with Gasteiger partial charge in [-0.2, -0.15) is 0 Å². The first-order valence-corrected chi connectivity index (χ1v) is 6.66. The molecule has 0 aromatic carbocycles. The highest BCUT2D eigenvalue weighted by atomic mass is 32.2. The molecule has 2 atom stereocenters. The number of Topliss-reactive ketones (excluding diaryl/α,β-unsaturated/α-hetero) is 1. The first kappa shape index (κ1) is 10.8. The molecule has 0 radical (unpaired) electrons. The lowest BCUT2D eigenvalue weighted by Gasteiger charge is -2.20. The van der Waals surface area contributed by atoms with E-state index in [4.69, 9.17) is 0 Å². The maximum Gasteiger partial charge on any atom is 0.142 e. The summed E-state index contributed by atoms with van der Waals surface area (Å²) in [6.45, 7) is 5.75. The molecule has 2 unspecified atom stereocenters. The fourth-order valence-electron chi connectivity index (χ4n) is 1.71. The van der Waals surface area contributed by atoms with Crippen molar-refractivity contribution in [2.75, 3.05) is 11.5 Å². The third-order valence-electron chi connectivity index (χ3n) is 2.45. The lowest BCUT2D eigenvalue weighted by molar-refractivity contribution is -0.129. The van der Waals surface area contributed by atoms with E-state index < -0.39 is 9.52 Å². The van der Waals surface area contributed by atoms with Crippen LogP contribution in [0.1, 0.15) is 27.2 Å². The van der Waals surface area contributed by atoms with E-state index in [0.717, 1.165) is 6.42 Å². The number of hydrogen-bond acceptors (Lipinski definition) is 2. The Morgan fingerprint density at radius 3 is 2.31 bits per heavy atom. The van der Waals surface area contributed by atoms with Gasteiger partial charge in [0.25, 0.3) is 0 Å². The molecule has 1 aliphatic heterocycles. The van der Waals surface area contributed by atoms with Crippen molar-refractivity contribution in [3.05, 3.63) is 0 Å². The molecule has 13 heavy (non-hydrogen) atoms. The smallest absolute Gasteiger partial charge is 0.142 e. The van der Waals surface area contributed by atoms with E-state index in [0.29, 0.717) is 11.5 Å². The molecule has 0 N–H and O–H groups in total. The quantitative estimate of drug-likeness (QED) is 0.601. The Hall–Kier alpha value is -0.310. The maximum absolute atomic E-state index is 11.8. The van der Waals surface area contributed by atoms with Crippen molar-refractivity contribution >= 4 is 21.2 Å². The van der Waals surface area contributed by atoms with E-state index in [-0.39, 0.29) is 17.1 Å². The van der Waals surface area contributed by atoms with E-state index in [1.54, 1.807) is 0 Å². The maximum atomic E-state index is 11.8. The second kappa shape index (κ2) is 3.12. The minimum Gasteiger partial charge on any atom is -0.299 e. The molecular weight excluding hydrogens is 184 g/mol. The van der Waals surface area contributed by atoms with Gasteiger partial charge in [-0.1, -0.05) is 20.8 Å². The van der Waals surface area contributed by atoms with E-state index in [1.165, 1.54) is 0 Å². The van der Waals surface area contributed by atoms with Crippen molar-refractivity contribution in [1.29, 1.82) is 0 Å². The first-order chi connectivity index (χ1) is 5.72. The molecule has 1 saturated heterocycles. The zero-order valence-electron chi connectivity index (χ0n) is 8.63. The minimum atomic E-state index is -1.92. The molecule has 0 spiro atoms. The van der Waals surface area contributed by atoms with Crippen LogP contribution in [0.25, 0.3) is 0 Å². The molecule has 2 nitrogen and oxygen atoms in total. The predicted molar refractivity (Wildman–Crippen MR) is 57.6 cm³/mol. The summed E-state index contributed by atoms with van der Waals surface area (Å²) in [4.78, 5) is 11.8. The Balaban J connectivity index is 2.73. The van der Waals surface area contributed by atoms with Gasteiger partial charge in [-0.15, -0.1) is 0 Å². The third-order valence-corrected chi connectivity index (χ3v) is 4.44. The van der Waals surface area contributed by atoms with Crippen molar-refractivity contribution in [2.24, 2.45) is 11.3 Å². The summed E-state index contributed by atoms with van der Waals surface area (Å²) in [5.74, 6) is 5.02. The highest BCUT2D eigenvalue weighted by Crippen LogP contribution is 2.27. The summed E-state index contributed by atoms with van der Waals surface area (Å²) in [5, 5.41) is 0. The van der Waals surface area contributed by atoms with Gasteiger partial charge < -0.3 is 0 Å². The van der Waals surface area contributed by atoms with Gasteiger partial charge in [-0.3, -0.25) is 9.00 Å². The molecule has 0 bridgehead atoms. The summed E-state index contributed by atoms with van der Waals surface area (Å²) in [6, 6.07) is 0. The standard InChI is InChI=1S/C10H18O2S/c1-10(2,3)9(11)8-5-6-13(4,12)7-8/h8H,4-7H2,1-3H3. The minimum absolute atomic E-state index is 0.00926. The fraction of sp³-hybridized carbons (Fsp3) is 0.800. The molecule has 0 aliphatic carbocycles. The fourth-order valence-corrected chi connectivity index (χ4v) is 3.64. The zero-order valence-corrected chi connectivity index (χ0v) is 9.45. The average molecular weight is 202 g/mol. The van der Waals surface area contributed by atoms with E-state index in [9.17, 15) is 9.00 Å². The second-order valence-electron chi connectivity index (χ2n) is 4.94. The summed E-state index contributed by atoms with van der Waals surface area (Å²) >= 11 is 0. The van der Waals surface area contributed by atoms with Crippen molar-refractivity contribution in [1.82, 2.24) is 0 Å². The van der Waals surface area contributed by atoms with Gasteiger partial charge in [0.2, 0.25) is 0 Å². The van der Waals surface area contributed by atoms with Gasteiger partial charge in [0.15, 0.2) is 0 Å². The Morgan fingerprint density at radius 2 is 2.00 bits per heavy atom. The number of carbonyl (C=O) groups excluding carboxylic acids is 1. The van der Waals surface area contributed by atoms with Crippen LogP contribution < -0.4 is 0 Å². The molecule has 1 fully saturated rings. The highest BCUT2D eigenvalue weighted by Gasteiger charge is 2.35. The normalized spacial score (nSPS) is 34.8. The summed E-state index contributed by atoms with van der Waals surface area (Å²) in [5.41, 5.74) is -0.301. The SMILES string of the molecule is C=S1(=O)CCC(C(=O)C(C)(C)C)C1. The van der Waals surface area contributed by atoms with Gasteiger partial charge in [-0.05, 0) is 21.8 Å². The van der Waals surface area contributed by atoms with Crippen molar-refractivity contribution < 1.29 is 9.00 Å². The molecular formula is C10H18O2S. The molecule has 76 valence electrons. The summed E-state index contributed by atoms with van der Waals surface area (Å²) in [7, 11) is -1.92. The molecule has 0 aromatic heterocycles. The molecule has 0 amide bonds. The topological polar surface area (TPSA) is 34.1 Å². The Bertz CT molecular complexity index is 306. The van der Waals surface area contributed by atoms with Crippen LogP contribution in [0.15, 0.2) is 0 Å². The van der Waals surface area contributed by atoms with Gasteiger partial charge in [0, 0.05) is 22.8 Å². The van der Waals surface area contributed by atoms with Gasteiger partial charge >= 0.3 is 0 Å². The number of hydrogen-bond donors (Lipinski definition) is 0. The lowest BCUT2D eigenvalue weighted by atomic mass is 9.83. The number of rotatable bonds is 1. The van der Waals surface area contributed by atoms with Crippen LogP contribution in [-0.2, 0) is 14.3 Å². The number of ketones is 1. The Morgan fingerprint density at radius 1 is 1.46 bits per heavy atom. The highest BCUT2D eigenvalue weighted by molar-refractivity contribution is 8.00. The van der Waals surface area contributed by atoms with Crippen molar-refractivity contribution in [3.8, 4) is 0 Å². The lowest BCUT2D eigenvalue weighted by Crippen LogP contribution is -2.28. The van der Waals surface area contributed by atoms with Crippen LogP contribution in [0.4, 0.5) is 0 Å². The van der Waals surface area contributed by atoms with Crippen molar-refractivity contribution in [2.45, 2.75) is 27.2 Å². The Kier molecular flexibility index (Phi) is 2.59. The van der Waals surface area contributed by atoms with Crippen LogP contribution >= 0.6 is 0 Å². The molecule has 3 heteroatoms. The molecule has 1 aliphatic rings. The van der Waals surface area contributed by atoms with Crippen LogP contribution in [0.2, 0.25) is 0 Å². The molecule has 0 saturated carbocycles. The summed E-state index contributed by atoms with van der Waals surface area (Å²) < 4.78 is 11.6. The van der Waals surface area contributed by atoms with Crippen molar-refractivity contribution in [3.63, 3.8) is 0 Å². The molecule has 0 aromatic rings. The average Bonchev–Trinajstić information content (AvgIpc) is 2.26. The van der Waals surface area contributed by atoms with Crippen LogP contribution in [0.5, 0.6) is 0 Å². The predicted octanol–water partition coefficient (Wildman–Crippen LogP) is 1.34. The first-order valence-electron chi connectivity index (χ1n) is 4.59. The van der Waals surface area contributed by atoms with Crippen LogP contribution in [0, 0.1) is 11.3 Å². The van der Waals surface area contributed by atoms with Gasteiger partial charge in [0.05, 0.1) is 0 Å².